The fraction of sp³-hybridized carbons (Fsp3) is 0.278. The molecule has 1 aromatic carbocycles. The summed E-state index contributed by atoms with van der Waals surface area (Å²) in [5.41, 5.74) is 1.09. The SMILES string of the molecule is Cc1nnc2cc(C(=O)Nc3cc(S(=O)(=O)N4CCOCC4)ccc3Cl)ccn12. The Kier molecular flexibility index (Phi) is 5.26. The summed E-state index contributed by atoms with van der Waals surface area (Å²) < 4.78 is 34.0. The molecule has 0 spiro atoms. The Balaban J connectivity index is 1.60. The molecule has 9 nitrogen and oxygen atoms in total. The summed E-state index contributed by atoms with van der Waals surface area (Å²) in [6.45, 7) is 3.07. The highest BCUT2D eigenvalue weighted by Gasteiger charge is 2.27. The Morgan fingerprint density at radius 3 is 2.69 bits per heavy atom. The monoisotopic (exact) mass is 435 g/mol. The summed E-state index contributed by atoms with van der Waals surface area (Å²) in [5, 5.41) is 10.9. The zero-order valence-corrected chi connectivity index (χ0v) is 17.1. The zero-order valence-electron chi connectivity index (χ0n) is 15.5. The molecule has 1 aliphatic heterocycles. The number of fused-ring (bicyclic) bond motifs is 1. The van der Waals surface area contributed by atoms with Crippen molar-refractivity contribution >= 4 is 38.9 Å². The number of ether oxygens (including phenoxy) is 1. The number of morpholine rings is 1. The molecule has 1 saturated heterocycles. The maximum atomic E-state index is 12.9. The molecule has 0 radical (unpaired) electrons. The van der Waals surface area contributed by atoms with E-state index >= 15 is 0 Å². The molecule has 1 aliphatic rings. The first-order chi connectivity index (χ1) is 13.9. The lowest BCUT2D eigenvalue weighted by atomic mass is 10.2. The van der Waals surface area contributed by atoms with Gasteiger partial charge in [-0.1, -0.05) is 11.6 Å². The van der Waals surface area contributed by atoms with E-state index in [1.807, 2.05) is 0 Å². The zero-order chi connectivity index (χ0) is 20.6. The molecule has 1 N–H and O–H groups in total. The van der Waals surface area contributed by atoms with Crippen LogP contribution in [-0.4, -0.2) is 59.5 Å². The van der Waals surface area contributed by atoms with E-state index in [4.69, 9.17) is 16.3 Å². The second-order valence-corrected chi connectivity index (χ2v) is 8.85. The third-order valence-corrected chi connectivity index (χ3v) is 6.86. The van der Waals surface area contributed by atoms with Crippen LogP contribution >= 0.6 is 11.6 Å². The van der Waals surface area contributed by atoms with Crippen molar-refractivity contribution in [1.82, 2.24) is 18.9 Å². The maximum absolute atomic E-state index is 12.9. The normalized spacial score (nSPS) is 15.5. The third kappa shape index (κ3) is 3.84. The van der Waals surface area contributed by atoms with Crippen LogP contribution in [0, 0.1) is 6.92 Å². The summed E-state index contributed by atoms with van der Waals surface area (Å²) in [6, 6.07) is 7.46. The van der Waals surface area contributed by atoms with Gasteiger partial charge < -0.3 is 10.1 Å². The van der Waals surface area contributed by atoms with Crippen LogP contribution in [0.3, 0.4) is 0 Å². The minimum atomic E-state index is -3.71. The molecule has 0 unspecified atom stereocenters. The molecule has 3 heterocycles. The van der Waals surface area contributed by atoms with Gasteiger partial charge in [0.05, 0.1) is 28.8 Å². The first-order valence-corrected chi connectivity index (χ1v) is 10.7. The number of carbonyl (C=O) groups excluding carboxylic acids is 1. The molecule has 152 valence electrons. The molecular weight excluding hydrogens is 418 g/mol. The summed E-state index contributed by atoms with van der Waals surface area (Å²) in [4.78, 5) is 12.7. The van der Waals surface area contributed by atoms with Crippen molar-refractivity contribution in [2.45, 2.75) is 11.8 Å². The smallest absolute Gasteiger partial charge is 0.255 e. The first kappa shape index (κ1) is 19.8. The maximum Gasteiger partial charge on any atom is 0.255 e. The van der Waals surface area contributed by atoms with Crippen LogP contribution in [0.25, 0.3) is 5.65 Å². The Labute approximate surface area is 172 Å². The van der Waals surface area contributed by atoms with E-state index in [-0.39, 0.29) is 28.7 Å². The van der Waals surface area contributed by atoms with Gasteiger partial charge in [0.25, 0.3) is 5.91 Å². The van der Waals surface area contributed by atoms with Gasteiger partial charge in [-0.2, -0.15) is 4.31 Å². The third-order valence-electron chi connectivity index (χ3n) is 4.64. The molecular formula is C18H18ClN5O4S. The Hall–Kier alpha value is -2.53. The number of nitrogens with zero attached hydrogens (tertiary/aromatic N) is 4. The molecule has 1 fully saturated rings. The lowest BCUT2D eigenvalue weighted by Gasteiger charge is -2.26. The van der Waals surface area contributed by atoms with Crippen molar-refractivity contribution in [1.29, 1.82) is 0 Å². The minimum Gasteiger partial charge on any atom is -0.379 e. The van der Waals surface area contributed by atoms with Crippen LogP contribution in [0.4, 0.5) is 5.69 Å². The quantitative estimate of drug-likeness (QED) is 0.671. The van der Waals surface area contributed by atoms with Gasteiger partial charge >= 0.3 is 0 Å². The highest BCUT2D eigenvalue weighted by atomic mass is 35.5. The van der Waals surface area contributed by atoms with E-state index in [2.05, 4.69) is 15.5 Å². The number of halogens is 1. The lowest BCUT2D eigenvalue weighted by Crippen LogP contribution is -2.40. The molecule has 4 rings (SSSR count). The molecule has 1 amide bonds. The number of nitrogens with one attached hydrogen (secondary N) is 1. The number of hydrogen-bond donors (Lipinski definition) is 1. The van der Waals surface area contributed by atoms with E-state index < -0.39 is 15.9 Å². The Morgan fingerprint density at radius 1 is 1.17 bits per heavy atom. The molecule has 11 heteroatoms. The number of sulfonamides is 1. The Bertz CT molecular complexity index is 1190. The number of amides is 1. The van der Waals surface area contributed by atoms with Gasteiger partial charge in [-0.15, -0.1) is 10.2 Å². The number of aromatic nitrogens is 3. The van der Waals surface area contributed by atoms with Crippen LogP contribution in [0.1, 0.15) is 16.2 Å². The molecule has 3 aromatic rings. The van der Waals surface area contributed by atoms with Crippen LogP contribution < -0.4 is 5.32 Å². The van der Waals surface area contributed by atoms with E-state index in [0.29, 0.717) is 30.2 Å². The average Bonchev–Trinajstić information content (AvgIpc) is 3.10. The molecule has 2 aromatic heterocycles. The second-order valence-electron chi connectivity index (χ2n) is 6.50. The van der Waals surface area contributed by atoms with Crippen molar-refractivity contribution in [2.75, 3.05) is 31.6 Å². The number of pyridine rings is 1. The summed E-state index contributed by atoms with van der Waals surface area (Å²) in [5.74, 6) is 0.270. The van der Waals surface area contributed by atoms with Crippen molar-refractivity contribution in [3.63, 3.8) is 0 Å². The molecule has 29 heavy (non-hydrogen) atoms. The minimum absolute atomic E-state index is 0.0580. The largest absolute Gasteiger partial charge is 0.379 e. The predicted molar refractivity (Wildman–Crippen MR) is 107 cm³/mol. The summed E-state index contributed by atoms with van der Waals surface area (Å²) >= 11 is 6.19. The number of benzene rings is 1. The standard InChI is InChI=1S/C18H18ClN5O4S/c1-12-21-22-17-10-13(4-5-24(12)17)18(25)20-16-11-14(2-3-15(16)19)29(26,27)23-6-8-28-9-7-23/h2-5,10-11H,6-9H2,1H3,(H,20,25). The van der Waals surface area contributed by atoms with E-state index in [9.17, 15) is 13.2 Å². The summed E-state index contributed by atoms with van der Waals surface area (Å²) in [6.07, 6.45) is 1.69. The van der Waals surface area contributed by atoms with Crippen molar-refractivity contribution in [3.8, 4) is 0 Å². The fourth-order valence-electron chi connectivity index (χ4n) is 3.04. The Morgan fingerprint density at radius 2 is 1.93 bits per heavy atom. The van der Waals surface area contributed by atoms with E-state index in [0.717, 1.165) is 0 Å². The summed E-state index contributed by atoms with van der Waals surface area (Å²) in [7, 11) is -3.71. The van der Waals surface area contributed by atoms with Gasteiger partial charge in [0.1, 0.15) is 5.82 Å². The molecule has 0 atom stereocenters. The van der Waals surface area contributed by atoms with Crippen molar-refractivity contribution in [2.24, 2.45) is 0 Å². The molecule has 0 saturated carbocycles. The van der Waals surface area contributed by atoms with Crippen LogP contribution in [0.15, 0.2) is 41.4 Å². The average molecular weight is 436 g/mol. The topological polar surface area (TPSA) is 106 Å². The van der Waals surface area contributed by atoms with Gasteiger partial charge in [0.2, 0.25) is 10.0 Å². The number of anilines is 1. The van der Waals surface area contributed by atoms with Crippen molar-refractivity contribution < 1.29 is 17.9 Å². The highest BCUT2D eigenvalue weighted by Crippen LogP contribution is 2.28. The van der Waals surface area contributed by atoms with E-state index in [1.54, 1.807) is 29.7 Å². The highest BCUT2D eigenvalue weighted by molar-refractivity contribution is 7.89. The van der Waals surface area contributed by atoms with Gasteiger partial charge in [0.15, 0.2) is 5.65 Å². The van der Waals surface area contributed by atoms with Gasteiger partial charge in [-0.05, 0) is 37.3 Å². The van der Waals surface area contributed by atoms with Gasteiger partial charge in [-0.25, -0.2) is 8.42 Å². The van der Waals surface area contributed by atoms with Crippen molar-refractivity contribution in [3.05, 3.63) is 52.9 Å². The van der Waals surface area contributed by atoms with Gasteiger partial charge in [-0.3, -0.25) is 9.20 Å². The number of rotatable bonds is 4. The predicted octanol–water partition coefficient (Wildman–Crippen LogP) is 1.96. The number of hydrogen-bond acceptors (Lipinski definition) is 6. The van der Waals surface area contributed by atoms with Crippen LogP contribution in [0.2, 0.25) is 5.02 Å². The molecule has 0 aliphatic carbocycles. The van der Waals surface area contributed by atoms with Crippen LogP contribution in [-0.2, 0) is 14.8 Å². The second kappa shape index (κ2) is 7.71. The fourth-order valence-corrected chi connectivity index (χ4v) is 4.64. The number of aryl methyl sites for hydroxylation is 1. The first-order valence-electron chi connectivity index (χ1n) is 8.86. The number of carbonyl (C=O) groups is 1. The lowest BCUT2D eigenvalue weighted by molar-refractivity contribution is 0.0730. The van der Waals surface area contributed by atoms with Crippen LogP contribution in [0.5, 0.6) is 0 Å². The van der Waals surface area contributed by atoms with Gasteiger partial charge in [0, 0.05) is 24.8 Å². The molecule has 0 bridgehead atoms. The van der Waals surface area contributed by atoms with E-state index in [1.165, 1.54) is 22.5 Å².